The minimum absolute atomic E-state index is 0.103. The molecule has 138 valence electrons. The molecule has 7 nitrogen and oxygen atoms in total. The summed E-state index contributed by atoms with van der Waals surface area (Å²) in [5, 5.41) is 11.3. The highest BCUT2D eigenvalue weighted by Crippen LogP contribution is 2.25. The van der Waals surface area contributed by atoms with Crippen LogP contribution in [0.5, 0.6) is 0 Å². The van der Waals surface area contributed by atoms with Crippen LogP contribution in [0.25, 0.3) is 5.65 Å². The van der Waals surface area contributed by atoms with Crippen molar-refractivity contribution in [3.05, 3.63) is 22.4 Å². The first-order valence-electron chi connectivity index (χ1n) is 7.83. The van der Waals surface area contributed by atoms with E-state index in [1.54, 1.807) is 4.90 Å². The van der Waals surface area contributed by atoms with Crippen molar-refractivity contribution in [1.82, 2.24) is 19.5 Å². The molecule has 25 heavy (non-hydrogen) atoms. The summed E-state index contributed by atoms with van der Waals surface area (Å²) in [6, 6.07) is 3.01. The van der Waals surface area contributed by atoms with Gasteiger partial charge in [0.15, 0.2) is 10.8 Å². The number of halogens is 2. The van der Waals surface area contributed by atoms with Gasteiger partial charge in [-0.15, -0.1) is 0 Å². The average molecular weight is 406 g/mol. The first-order valence-corrected chi connectivity index (χ1v) is 10.1. The number of rotatable bonds is 5. The van der Waals surface area contributed by atoms with Crippen LogP contribution in [0.2, 0.25) is 10.3 Å². The minimum Gasteiger partial charge on any atom is -0.347 e. The number of hydrogen-bond donors (Lipinski definition) is 1. The predicted octanol–water partition coefficient (Wildman–Crippen LogP) is 3.36. The Labute approximate surface area is 157 Å². The molecule has 0 atom stereocenters. The third-order valence-corrected chi connectivity index (χ3v) is 5.55. The molecule has 2 aromatic heterocycles. The Morgan fingerprint density at radius 2 is 1.76 bits per heavy atom. The predicted molar refractivity (Wildman–Crippen MR) is 99.2 cm³/mol. The molecule has 2 rings (SSSR count). The zero-order valence-electron chi connectivity index (χ0n) is 14.5. The Bertz CT molecular complexity index is 883. The van der Waals surface area contributed by atoms with Gasteiger partial charge in [0.2, 0.25) is 10.2 Å². The quantitative estimate of drug-likeness (QED) is 0.607. The fourth-order valence-corrected chi connectivity index (χ4v) is 4.38. The molecular formula is C15H21Cl2N5O2S. The van der Waals surface area contributed by atoms with E-state index in [4.69, 9.17) is 28.6 Å². The van der Waals surface area contributed by atoms with Crippen LogP contribution in [0.1, 0.15) is 27.7 Å². The summed E-state index contributed by atoms with van der Waals surface area (Å²) in [5.74, 6) is 0.388. The van der Waals surface area contributed by atoms with Crippen LogP contribution >= 0.6 is 23.2 Å². The first-order chi connectivity index (χ1) is 11.5. The minimum atomic E-state index is -4.20. The van der Waals surface area contributed by atoms with Gasteiger partial charge in [-0.05, 0) is 24.0 Å². The molecule has 0 amide bonds. The molecule has 0 spiro atoms. The highest BCUT2D eigenvalue weighted by molar-refractivity contribution is 8.06. The lowest BCUT2D eigenvalue weighted by Gasteiger charge is -2.28. The summed E-state index contributed by atoms with van der Waals surface area (Å²) in [7, 11) is -4.20. The standard InChI is InChI=1S/C15H21Cl2N5O2S/c1-9(2)7-21(8-10(3)4)15(18)25(23,24)14-13(17)19-12-6-5-11(16)20-22(12)14/h5-6,9-10,18H,7-8H2,1-4H3. The van der Waals surface area contributed by atoms with Gasteiger partial charge in [0.25, 0.3) is 9.84 Å². The normalized spacial score (nSPS) is 12.3. The van der Waals surface area contributed by atoms with E-state index in [0.29, 0.717) is 13.1 Å². The molecule has 0 aliphatic carbocycles. The lowest BCUT2D eigenvalue weighted by atomic mass is 10.1. The molecule has 2 aromatic rings. The number of nitrogens with one attached hydrogen (secondary N) is 1. The van der Waals surface area contributed by atoms with Gasteiger partial charge < -0.3 is 4.90 Å². The monoisotopic (exact) mass is 405 g/mol. The molecule has 0 saturated carbocycles. The highest BCUT2D eigenvalue weighted by Gasteiger charge is 2.33. The van der Waals surface area contributed by atoms with Crippen molar-refractivity contribution < 1.29 is 8.42 Å². The molecule has 0 aromatic carbocycles. The van der Waals surface area contributed by atoms with Crippen molar-refractivity contribution in [3.63, 3.8) is 0 Å². The first kappa shape index (κ1) is 19.9. The summed E-state index contributed by atoms with van der Waals surface area (Å²) in [5.41, 5.74) is 0.250. The molecule has 1 N–H and O–H groups in total. The summed E-state index contributed by atoms with van der Waals surface area (Å²) >= 11 is 11.9. The van der Waals surface area contributed by atoms with Crippen molar-refractivity contribution in [2.45, 2.75) is 32.7 Å². The molecule has 0 saturated heterocycles. The molecule has 0 fully saturated rings. The number of nitrogens with zero attached hydrogens (tertiary/aromatic N) is 4. The van der Waals surface area contributed by atoms with Crippen molar-refractivity contribution in [1.29, 1.82) is 5.41 Å². The molecule has 0 unspecified atom stereocenters. The fraction of sp³-hybridized carbons (Fsp3) is 0.533. The topological polar surface area (TPSA) is 91.4 Å². The summed E-state index contributed by atoms with van der Waals surface area (Å²) in [6.45, 7) is 8.76. The van der Waals surface area contributed by atoms with Crippen LogP contribution in [-0.2, 0) is 9.84 Å². The van der Waals surface area contributed by atoms with E-state index < -0.39 is 15.0 Å². The average Bonchev–Trinajstić information content (AvgIpc) is 2.80. The summed E-state index contributed by atoms with van der Waals surface area (Å²) in [4.78, 5) is 5.54. The largest absolute Gasteiger partial charge is 0.347 e. The summed E-state index contributed by atoms with van der Waals surface area (Å²) < 4.78 is 27.2. The maximum Gasteiger partial charge on any atom is 0.259 e. The van der Waals surface area contributed by atoms with Crippen LogP contribution in [-0.4, -0.2) is 46.2 Å². The molecule has 0 aliphatic rings. The Hall–Kier alpha value is -1.38. The third-order valence-electron chi connectivity index (χ3n) is 3.33. The highest BCUT2D eigenvalue weighted by atomic mass is 35.5. The molecule has 2 heterocycles. The molecule has 0 bridgehead atoms. The van der Waals surface area contributed by atoms with Crippen molar-refractivity contribution in [2.75, 3.05) is 13.1 Å². The molecule has 10 heteroatoms. The maximum absolute atomic E-state index is 13.0. The third kappa shape index (κ3) is 4.24. The second-order valence-electron chi connectivity index (χ2n) is 6.64. The SMILES string of the molecule is CC(C)CN(CC(C)C)C(=N)S(=O)(=O)c1c(Cl)nc2ccc(Cl)nn12. The van der Waals surface area contributed by atoms with Crippen molar-refractivity contribution >= 4 is 43.9 Å². The number of aromatic nitrogens is 3. The Kier molecular flexibility index (Phi) is 5.96. The van der Waals surface area contributed by atoms with Crippen LogP contribution in [0.4, 0.5) is 0 Å². The lowest BCUT2D eigenvalue weighted by molar-refractivity contribution is 0.330. The van der Waals surface area contributed by atoms with Gasteiger partial charge in [0, 0.05) is 13.1 Å². The van der Waals surface area contributed by atoms with E-state index >= 15 is 0 Å². The number of fused-ring (bicyclic) bond motifs is 1. The van der Waals surface area contributed by atoms with Crippen molar-refractivity contribution in [2.24, 2.45) is 11.8 Å². The zero-order valence-corrected chi connectivity index (χ0v) is 16.8. The van der Waals surface area contributed by atoms with Gasteiger partial charge in [0.05, 0.1) is 0 Å². The van der Waals surface area contributed by atoms with Gasteiger partial charge in [0.1, 0.15) is 5.15 Å². The van der Waals surface area contributed by atoms with Gasteiger partial charge in [-0.25, -0.2) is 13.4 Å². The van der Waals surface area contributed by atoms with E-state index in [-0.39, 0.29) is 32.8 Å². The van der Waals surface area contributed by atoms with Gasteiger partial charge in [-0.2, -0.15) is 9.61 Å². The molecule has 0 radical (unpaired) electrons. The second-order valence-corrected chi connectivity index (χ2v) is 9.16. The zero-order chi connectivity index (χ0) is 18.9. The second kappa shape index (κ2) is 7.47. The maximum atomic E-state index is 13.0. The van der Waals surface area contributed by atoms with E-state index in [1.165, 1.54) is 12.1 Å². The van der Waals surface area contributed by atoms with Crippen LogP contribution in [0.15, 0.2) is 17.2 Å². The lowest BCUT2D eigenvalue weighted by Crippen LogP contribution is -2.41. The Morgan fingerprint density at radius 1 is 1.20 bits per heavy atom. The number of sulfone groups is 1. The van der Waals surface area contributed by atoms with Crippen LogP contribution < -0.4 is 0 Å². The van der Waals surface area contributed by atoms with Crippen LogP contribution in [0, 0.1) is 17.2 Å². The number of hydrogen-bond acceptors (Lipinski definition) is 5. The van der Waals surface area contributed by atoms with Gasteiger partial charge in [-0.3, -0.25) is 5.41 Å². The van der Waals surface area contributed by atoms with E-state index in [1.807, 2.05) is 27.7 Å². The molecule has 0 aliphatic heterocycles. The molecular weight excluding hydrogens is 385 g/mol. The van der Waals surface area contributed by atoms with Crippen LogP contribution in [0.3, 0.4) is 0 Å². The Morgan fingerprint density at radius 3 is 2.28 bits per heavy atom. The van der Waals surface area contributed by atoms with E-state index in [2.05, 4.69) is 10.1 Å². The van der Waals surface area contributed by atoms with Crippen molar-refractivity contribution in [3.8, 4) is 0 Å². The van der Waals surface area contributed by atoms with E-state index in [0.717, 1.165) is 4.52 Å². The van der Waals surface area contributed by atoms with Gasteiger partial charge in [-0.1, -0.05) is 50.9 Å². The number of imidazole rings is 1. The van der Waals surface area contributed by atoms with Gasteiger partial charge >= 0.3 is 0 Å². The summed E-state index contributed by atoms with van der Waals surface area (Å²) in [6.07, 6.45) is 0. The smallest absolute Gasteiger partial charge is 0.259 e. The number of amidine groups is 1. The fourth-order valence-electron chi connectivity index (χ4n) is 2.47. The Balaban J connectivity index is 2.54. The van der Waals surface area contributed by atoms with E-state index in [9.17, 15) is 8.42 Å².